The van der Waals surface area contributed by atoms with E-state index in [0.717, 1.165) is 0 Å². The first kappa shape index (κ1) is 7.50. The lowest BCUT2D eigenvalue weighted by Gasteiger charge is -2.21. The fourth-order valence-corrected chi connectivity index (χ4v) is 0.858. The summed E-state index contributed by atoms with van der Waals surface area (Å²) >= 11 is 0. The summed E-state index contributed by atoms with van der Waals surface area (Å²) in [6, 6.07) is 0. The number of rotatable bonds is 2. The molecule has 58 valence electrons. The molecule has 0 aromatic carbocycles. The van der Waals surface area contributed by atoms with Crippen LogP contribution in [0.5, 0.6) is 0 Å². The summed E-state index contributed by atoms with van der Waals surface area (Å²) < 4.78 is 14.6. The van der Waals surface area contributed by atoms with Gasteiger partial charge in [-0.3, -0.25) is 4.79 Å². The Hall–Kier alpha value is -0.610. The molecule has 10 heavy (non-hydrogen) atoms. The Morgan fingerprint density at radius 1 is 1.50 bits per heavy atom. The molecular weight excluding hydrogens is 136 g/mol. The second kappa shape index (κ2) is 2.56. The minimum Gasteiger partial charge on any atom is -0.460 e. The molecule has 0 amide bonds. The van der Waals surface area contributed by atoms with E-state index in [4.69, 9.17) is 9.47 Å². The summed E-state index contributed by atoms with van der Waals surface area (Å²) in [5.74, 6) is -1.10. The third-order valence-electron chi connectivity index (χ3n) is 1.61. The van der Waals surface area contributed by atoms with Gasteiger partial charge < -0.3 is 14.2 Å². The Morgan fingerprint density at radius 3 is 2.30 bits per heavy atom. The number of carbonyl (C=O) groups is 1. The van der Waals surface area contributed by atoms with Gasteiger partial charge in [0.1, 0.15) is 13.0 Å². The number of cyclic esters (lactones) is 1. The monoisotopic (exact) mass is 146 g/mol. The maximum absolute atomic E-state index is 10.6. The van der Waals surface area contributed by atoms with Gasteiger partial charge in [0.25, 0.3) is 0 Å². The van der Waals surface area contributed by atoms with Gasteiger partial charge in [0.2, 0.25) is 5.79 Å². The zero-order chi connectivity index (χ0) is 7.61. The largest absolute Gasteiger partial charge is 0.460 e. The molecule has 1 rings (SSSR count). The van der Waals surface area contributed by atoms with Crippen molar-refractivity contribution < 1.29 is 19.0 Å². The molecule has 1 fully saturated rings. The fraction of sp³-hybridized carbons (Fsp3) is 0.833. The molecule has 0 aromatic heterocycles. The van der Waals surface area contributed by atoms with Crippen molar-refractivity contribution in [3.63, 3.8) is 0 Å². The molecule has 0 N–H and O–H groups in total. The molecule has 1 saturated heterocycles. The highest BCUT2D eigenvalue weighted by molar-refractivity contribution is 5.72. The number of esters is 1. The number of methoxy groups -OCH3 is 2. The van der Waals surface area contributed by atoms with E-state index in [9.17, 15) is 4.79 Å². The highest BCUT2D eigenvalue weighted by atomic mass is 16.7. The van der Waals surface area contributed by atoms with Gasteiger partial charge in [-0.25, -0.2) is 0 Å². The molecule has 0 radical (unpaired) electrons. The highest BCUT2D eigenvalue weighted by Gasteiger charge is 2.40. The lowest BCUT2D eigenvalue weighted by Crippen LogP contribution is -2.33. The van der Waals surface area contributed by atoms with Crippen LogP contribution in [0.2, 0.25) is 0 Å². The molecule has 1 aliphatic heterocycles. The Morgan fingerprint density at radius 2 is 2.10 bits per heavy atom. The molecule has 0 saturated carbocycles. The number of carbonyl (C=O) groups excluding carboxylic acids is 1. The average Bonchev–Trinajstić information content (AvgIpc) is 2.33. The quantitative estimate of drug-likeness (QED) is 0.404. The van der Waals surface area contributed by atoms with Crippen LogP contribution in [0.4, 0.5) is 0 Å². The molecule has 4 nitrogen and oxygen atoms in total. The topological polar surface area (TPSA) is 44.8 Å². The van der Waals surface area contributed by atoms with Gasteiger partial charge in [-0.15, -0.1) is 0 Å². The van der Waals surface area contributed by atoms with E-state index >= 15 is 0 Å². The number of hydrogen-bond donors (Lipinski definition) is 0. The van der Waals surface area contributed by atoms with E-state index < -0.39 is 5.79 Å². The molecule has 1 aliphatic rings. The van der Waals surface area contributed by atoms with E-state index in [2.05, 4.69) is 4.74 Å². The molecule has 0 aliphatic carbocycles. The van der Waals surface area contributed by atoms with Crippen LogP contribution in [-0.2, 0) is 19.0 Å². The molecule has 0 atom stereocenters. The van der Waals surface area contributed by atoms with Crippen molar-refractivity contribution in [2.45, 2.75) is 12.2 Å². The predicted molar refractivity (Wildman–Crippen MR) is 32.3 cm³/mol. The van der Waals surface area contributed by atoms with E-state index in [1.807, 2.05) is 0 Å². The van der Waals surface area contributed by atoms with Gasteiger partial charge in [0.15, 0.2) is 0 Å². The van der Waals surface area contributed by atoms with Crippen LogP contribution in [0.25, 0.3) is 0 Å². The minimum atomic E-state index is -0.822. The summed E-state index contributed by atoms with van der Waals surface area (Å²) in [5.41, 5.74) is 0. The minimum absolute atomic E-state index is 0.181. The highest BCUT2D eigenvalue weighted by Crippen LogP contribution is 2.23. The van der Waals surface area contributed by atoms with E-state index in [-0.39, 0.29) is 19.0 Å². The first-order valence-corrected chi connectivity index (χ1v) is 2.98. The van der Waals surface area contributed by atoms with Crippen LogP contribution >= 0.6 is 0 Å². The van der Waals surface area contributed by atoms with E-state index in [1.54, 1.807) is 0 Å². The summed E-state index contributed by atoms with van der Waals surface area (Å²) in [4.78, 5) is 10.6. The molecular formula is C6H10O4. The van der Waals surface area contributed by atoms with Gasteiger partial charge in [-0.1, -0.05) is 0 Å². The van der Waals surface area contributed by atoms with Crippen molar-refractivity contribution in [3.05, 3.63) is 0 Å². The number of hydrogen-bond acceptors (Lipinski definition) is 4. The molecule has 0 bridgehead atoms. The van der Waals surface area contributed by atoms with Gasteiger partial charge in [-0.2, -0.15) is 0 Å². The molecule has 0 unspecified atom stereocenters. The van der Waals surface area contributed by atoms with Crippen LogP contribution in [0.3, 0.4) is 0 Å². The normalized spacial score (nSPS) is 22.8. The summed E-state index contributed by atoms with van der Waals surface area (Å²) in [6.45, 7) is 0.193. The first-order chi connectivity index (χ1) is 4.72. The third-order valence-corrected chi connectivity index (χ3v) is 1.61. The standard InChI is InChI=1S/C6H10O4/c1-8-6(9-2)3-5(7)10-4-6/h3-4H2,1-2H3. The number of ether oxygens (including phenoxy) is 3. The van der Waals surface area contributed by atoms with Crippen molar-refractivity contribution in [1.82, 2.24) is 0 Å². The SMILES string of the molecule is COC1(OC)COC(=O)C1. The van der Waals surface area contributed by atoms with Crippen molar-refractivity contribution in [2.75, 3.05) is 20.8 Å². The lowest BCUT2D eigenvalue weighted by atomic mass is 10.2. The maximum atomic E-state index is 10.6. The lowest BCUT2D eigenvalue weighted by molar-refractivity contribution is -0.202. The van der Waals surface area contributed by atoms with Crippen LogP contribution < -0.4 is 0 Å². The van der Waals surface area contributed by atoms with Gasteiger partial charge in [0, 0.05) is 14.2 Å². The second-order valence-corrected chi connectivity index (χ2v) is 2.16. The van der Waals surface area contributed by atoms with E-state index in [0.29, 0.717) is 0 Å². The maximum Gasteiger partial charge on any atom is 0.311 e. The molecule has 4 heteroatoms. The average molecular weight is 146 g/mol. The first-order valence-electron chi connectivity index (χ1n) is 2.98. The van der Waals surface area contributed by atoms with Crippen LogP contribution in [0.1, 0.15) is 6.42 Å². The molecule has 0 aromatic rings. The van der Waals surface area contributed by atoms with E-state index in [1.165, 1.54) is 14.2 Å². The Bertz CT molecular complexity index is 139. The van der Waals surface area contributed by atoms with Gasteiger partial charge in [0.05, 0.1) is 0 Å². The fourth-order valence-electron chi connectivity index (χ4n) is 0.858. The third kappa shape index (κ3) is 1.12. The Kier molecular flexibility index (Phi) is 1.92. The van der Waals surface area contributed by atoms with Crippen LogP contribution in [-0.4, -0.2) is 32.6 Å². The van der Waals surface area contributed by atoms with Crippen molar-refractivity contribution >= 4 is 5.97 Å². The van der Waals surface area contributed by atoms with Crippen molar-refractivity contribution in [3.8, 4) is 0 Å². The summed E-state index contributed by atoms with van der Waals surface area (Å²) in [5, 5.41) is 0. The predicted octanol–water partition coefficient (Wildman–Crippen LogP) is -0.0776. The van der Waals surface area contributed by atoms with Gasteiger partial charge >= 0.3 is 5.97 Å². The van der Waals surface area contributed by atoms with Crippen LogP contribution in [0.15, 0.2) is 0 Å². The summed E-state index contributed by atoms with van der Waals surface area (Å²) in [6.07, 6.45) is 0.181. The van der Waals surface area contributed by atoms with Gasteiger partial charge in [-0.05, 0) is 0 Å². The second-order valence-electron chi connectivity index (χ2n) is 2.16. The smallest absolute Gasteiger partial charge is 0.311 e. The van der Waals surface area contributed by atoms with Crippen molar-refractivity contribution in [1.29, 1.82) is 0 Å². The molecule has 1 heterocycles. The zero-order valence-corrected chi connectivity index (χ0v) is 6.05. The Balaban J connectivity index is 2.59. The summed E-state index contributed by atoms with van der Waals surface area (Å²) in [7, 11) is 2.98. The van der Waals surface area contributed by atoms with Crippen molar-refractivity contribution in [2.24, 2.45) is 0 Å². The molecule has 0 spiro atoms. The zero-order valence-electron chi connectivity index (χ0n) is 6.05. The Labute approximate surface area is 59.1 Å². The van der Waals surface area contributed by atoms with Crippen LogP contribution in [0, 0.1) is 0 Å².